The van der Waals surface area contributed by atoms with Gasteiger partial charge in [-0.15, -0.1) is 0 Å². The molecule has 7 heteroatoms. The molecule has 0 aliphatic heterocycles. The summed E-state index contributed by atoms with van der Waals surface area (Å²) in [5.41, 5.74) is 0. The van der Waals surface area contributed by atoms with Crippen molar-refractivity contribution in [1.82, 2.24) is 0 Å². The molecule has 0 aromatic heterocycles. The molecule has 5 nitrogen and oxygen atoms in total. The maximum Gasteiger partial charge on any atom is 1.00 e. The normalized spacial score (nSPS) is 10.2. The molecule has 3 N–H and O–H groups in total. The molecule has 0 fully saturated rings. The molecule has 0 saturated heterocycles. The number of hydrogen-bond acceptors (Lipinski definition) is 2. The van der Waals surface area contributed by atoms with Crippen molar-refractivity contribution in [3.05, 3.63) is 12.8 Å². The molecule has 0 spiro atoms. The van der Waals surface area contributed by atoms with Gasteiger partial charge < -0.3 is 20.8 Å². The van der Waals surface area contributed by atoms with E-state index in [4.69, 9.17) is 24.0 Å². The molecule has 0 amide bonds. The molecule has 22 heavy (non-hydrogen) atoms. The predicted octanol–water partition coefficient (Wildman–Crippen LogP) is 1.65. The molecular formula is C15H34NaO5P. The van der Waals surface area contributed by atoms with Crippen LogP contribution < -0.4 is 29.6 Å². The van der Waals surface area contributed by atoms with Crippen LogP contribution in [-0.4, -0.2) is 21.3 Å². The van der Waals surface area contributed by atoms with Gasteiger partial charge in [0.05, 0.1) is 12.9 Å². The summed E-state index contributed by atoms with van der Waals surface area (Å²) in [5.74, 6) is 0. The van der Waals surface area contributed by atoms with Gasteiger partial charge in [-0.1, -0.05) is 77.7 Å². The van der Waals surface area contributed by atoms with Gasteiger partial charge in [-0.25, -0.2) is 4.57 Å². The summed E-state index contributed by atoms with van der Waals surface area (Å²) < 4.78 is 14.0. The Hall–Kier alpha value is 0.650. The van der Waals surface area contributed by atoms with E-state index in [0.717, 1.165) is 6.61 Å². The van der Waals surface area contributed by atoms with Gasteiger partial charge in [0.25, 0.3) is 0 Å². The first-order valence-electron chi connectivity index (χ1n) is 7.92. The molecular weight excluding hydrogens is 314 g/mol. The van der Waals surface area contributed by atoms with Crippen LogP contribution in [0.1, 0.15) is 79.0 Å². The van der Waals surface area contributed by atoms with E-state index in [0.29, 0.717) is 0 Å². The van der Waals surface area contributed by atoms with E-state index in [1.165, 1.54) is 76.9 Å². The van der Waals surface area contributed by atoms with Crippen molar-refractivity contribution in [3.8, 4) is 0 Å². The Kier molecular flexibility index (Phi) is 27.1. The average molecular weight is 348 g/mol. The Labute approximate surface area is 159 Å². The van der Waals surface area contributed by atoms with E-state index in [1.807, 2.05) is 0 Å². The largest absolute Gasteiger partial charge is 1.00 e. The van der Waals surface area contributed by atoms with E-state index < -0.39 is 7.82 Å². The van der Waals surface area contributed by atoms with Crippen molar-refractivity contribution in [3.63, 3.8) is 0 Å². The summed E-state index contributed by atoms with van der Waals surface area (Å²) in [4.78, 5) is 21.6. The Balaban J connectivity index is -0.000000225. The smallest absolute Gasteiger partial charge is 1.00 e. The second kappa shape index (κ2) is 21.6. The van der Waals surface area contributed by atoms with Crippen LogP contribution in [0.15, 0.2) is 12.8 Å². The van der Waals surface area contributed by atoms with Gasteiger partial charge in [-0.3, -0.25) is 0 Å². The molecule has 0 heterocycles. The van der Waals surface area contributed by atoms with Crippen LogP contribution in [0.2, 0.25) is 0 Å². The molecule has 0 bridgehead atoms. The molecule has 0 aliphatic carbocycles. The summed E-state index contributed by atoms with van der Waals surface area (Å²) in [6.07, 6.45) is 16.8. The van der Waals surface area contributed by atoms with E-state index in [9.17, 15) is 0 Å². The SMILES string of the molecule is C=COCCCCCCCCCCCCC.O=P(O)(O)O.[H-].[Na+]. The third-order valence-corrected chi connectivity index (χ3v) is 2.98. The van der Waals surface area contributed by atoms with Crippen molar-refractivity contribution in [2.45, 2.75) is 77.6 Å². The molecule has 0 aromatic carbocycles. The summed E-state index contributed by atoms with van der Waals surface area (Å²) in [7, 11) is -4.64. The molecule has 0 aromatic rings. The maximum atomic E-state index is 8.88. The molecule has 0 saturated carbocycles. The number of unbranched alkanes of at least 4 members (excludes halogenated alkanes) is 10. The first-order valence-corrected chi connectivity index (χ1v) is 9.49. The first-order chi connectivity index (χ1) is 9.91. The van der Waals surface area contributed by atoms with Crippen molar-refractivity contribution in [2.24, 2.45) is 0 Å². The quantitative estimate of drug-likeness (QED) is 0.204. The second-order valence-electron chi connectivity index (χ2n) is 5.09. The van der Waals surface area contributed by atoms with Gasteiger partial charge in [0.15, 0.2) is 0 Å². The summed E-state index contributed by atoms with van der Waals surface area (Å²) in [5, 5.41) is 0. The molecule has 0 rings (SSSR count). The zero-order valence-electron chi connectivity index (χ0n) is 15.4. The fourth-order valence-electron chi connectivity index (χ4n) is 1.93. The van der Waals surface area contributed by atoms with Gasteiger partial charge in [-0.2, -0.15) is 0 Å². The predicted molar refractivity (Wildman–Crippen MR) is 88.0 cm³/mol. The Morgan fingerprint density at radius 3 is 1.55 bits per heavy atom. The molecule has 0 atom stereocenters. The summed E-state index contributed by atoms with van der Waals surface area (Å²) in [6.45, 7) is 6.65. The van der Waals surface area contributed by atoms with Crippen LogP contribution >= 0.6 is 7.82 Å². The van der Waals surface area contributed by atoms with Crippen LogP contribution in [0.25, 0.3) is 0 Å². The van der Waals surface area contributed by atoms with Crippen LogP contribution in [0.4, 0.5) is 0 Å². The van der Waals surface area contributed by atoms with Crippen molar-refractivity contribution < 1.29 is 55.0 Å². The minimum atomic E-state index is -4.64. The third-order valence-electron chi connectivity index (χ3n) is 2.98. The van der Waals surface area contributed by atoms with Crippen molar-refractivity contribution in [2.75, 3.05) is 6.61 Å². The minimum absolute atomic E-state index is 0. The average Bonchev–Trinajstić information content (AvgIpc) is 2.38. The fraction of sp³-hybridized carbons (Fsp3) is 0.867. The van der Waals surface area contributed by atoms with Gasteiger partial charge in [0.2, 0.25) is 0 Å². The van der Waals surface area contributed by atoms with Crippen molar-refractivity contribution in [1.29, 1.82) is 0 Å². The Morgan fingerprint density at radius 2 is 1.23 bits per heavy atom. The summed E-state index contributed by atoms with van der Waals surface area (Å²) >= 11 is 0. The van der Waals surface area contributed by atoms with E-state index in [2.05, 4.69) is 13.5 Å². The standard InChI is InChI=1S/C15H30O.Na.H3O4P.H/c1-3-5-6-7-8-9-10-11-12-13-14-15-16-4-2;;1-5(2,3)4;/h4H,2-3,5-15H2,1H3;;(H3,1,2,3,4);/q;+1;;-1. The van der Waals surface area contributed by atoms with Gasteiger partial charge in [-0.05, 0) is 6.42 Å². The molecule has 0 radical (unpaired) electrons. The van der Waals surface area contributed by atoms with Gasteiger partial charge in [0.1, 0.15) is 0 Å². The van der Waals surface area contributed by atoms with Crippen LogP contribution in [0.3, 0.4) is 0 Å². The van der Waals surface area contributed by atoms with Gasteiger partial charge in [0, 0.05) is 0 Å². The monoisotopic (exact) mass is 348 g/mol. The van der Waals surface area contributed by atoms with Crippen LogP contribution in [0.5, 0.6) is 0 Å². The molecule has 0 aliphatic rings. The first kappa shape index (κ1) is 27.5. The minimum Gasteiger partial charge on any atom is -1.00 e. The summed E-state index contributed by atoms with van der Waals surface area (Å²) in [6, 6.07) is 0. The van der Waals surface area contributed by atoms with E-state index in [1.54, 1.807) is 0 Å². The zero-order chi connectivity index (χ0) is 16.4. The van der Waals surface area contributed by atoms with Crippen molar-refractivity contribution >= 4 is 7.82 Å². The topological polar surface area (TPSA) is 87.0 Å². The third kappa shape index (κ3) is 42.8. The zero-order valence-corrected chi connectivity index (χ0v) is 17.3. The number of phosphoric acid groups is 1. The second-order valence-corrected chi connectivity index (χ2v) is 6.11. The molecule has 0 unspecified atom stereocenters. The Morgan fingerprint density at radius 1 is 0.909 bits per heavy atom. The fourth-order valence-corrected chi connectivity index (χ4v) is 1.93. The molecule has 130 valence electrons. The van der Waals surface area contributed by atoms with Crippen LogP contribution in [-0.2, 0) is 9.30 Å². The van der Waals surface area contributed by atoms with E-state index >= 15 is 0 Å². The maximum absolute atomic E-state index is 8.88. The van der Waals surface area contributed by atoms with E-state index in [-0.39, 0.29) is 31.0 Å². The van der Waals surface area contributed by atoms with Crippen LogP contribution in [0, 0.1) is 0 Å². The number of rotatable bonds is 13. The Bertz CT molecular complexity index is 256. The van der Waals surface area contributed by atoms with Gasteiger partial charge >= 0.3 is 37.4 Å². The number of ether oxygens (including phenoxy) is 1. The number of hydrogen-bond donors (Lipinski definition) is 3.